The van der Waals surface area contributed by atoms with Crippen LogP contribution in [0.25, 0.3) is 5.70 Å². The van der Waals surface area contributed by atoms with E-state index in [2.05, 4.69) is 41.8 Å². The van der Waals surface area contributed by atoms with Gasteiger partial charge >= 0.3 is 0 Å². The highest BCUT2D eigenvalue weighted by atomic mass is 16.5. The molecule has 0 bridgehead atoms. The summed E-state index contributed by atoms with van der Waals surface area (Å²) < 4.78 is 5.41. The van der Waals surface area contributed by atoms with Gasteiger partial charge in [0.15, 0.2) is 0 Å². The first-order valence-electron chi connectivity index (χ1n) is 6.16. The minimum Gasteiger partial charge on any atom is -0.378 e. The summed E-state index contributed by atoms with van der Waals surface area (Å²) in [7, 11) is 0. The zero-order valence-electron chi connectivity index (χ0n) is 9.93. The minimum absolute atomic E-state index is 0.365. The first-order chi connectivity index (χ1) is 8.40. The van der Waals surface area contributed by atoms with Crippen molar-refractivity contribution in [3.05, 3.63) is 54.1 Å². The summed E-state index contributed by atoms with van der Waals surface area (Å²) in [5.41, 5.74) is 4.09. The average Bonchev–Trinajstić information content (AvgIpc) is 2.78. The molecule has 1 unspecified atom stereocenters. The number of ether oxygens (including phenoxy) is 1. The molecule has 1 heterocycles. The van der Waals surface area contributed by atoms with Gasteiger partial charge in [0, 0.05) is 30.3 Å². The van der Waals surface area contributed by atoms with Crippen molar-refractivity contribution in [2.75, 3.05) is 26.3 Å². The van der Waals surface area contributed by atoms with E-state index in [0.29, 0.717) is 5.92 Å². The third-order valence-electron chi connectivity index (χ3n) is 3.54. The Hall–Kier alpha value is -1.54. The monoisotopic (exact) mass is 227 g/mol. The highest BCUT2D eigenvalue weighted by Gasteiger charge is 2.25. The Kier molecular flexibility index (Phi) is 2.73. The summed E-state index contributed by atoms with van der Waals surface area (Å²) in [4.78, 5) is 2.42. The molecule has 0 N–H and O–H groups in total. The van der Waals surface area contributed by atoms with Gasteiger partial charge in [0.05, 0.1) is 13.2 Å². The number of morpholine rings is 1. The van der Waals surface area contributed by atoms with Crippen LogP contribution in [0.2, 0.25) is 0 Å². The van der Waals surface area contributed by atoms with E-state index in [1.54, 1.807) is 0 Å². The molecule has 1 saturated heterocycles. The molecule has 1 atom stereocenters. The number of benzene rings is 1. The summed E-state index contributed by atoms with van der Waals surface area (Å²) in [5, 5.41) is 0. The van der Waals surface area contributed by atoms with Gasteiger partial charge in [-0.2, -0.15) is 0 Å². The Morgan fingerprint density at radius 1 is 1.24 bits per heavy atom. The molecule has 2 nitrogen and oxygen atoms in total. The van der Waals surface area contributed by atoms with Crippen molar-refractivity contribution < 1.29 is 4.74 Å². The maximum atomic E-state index is 5.41. The Labute approximate surface area is 102 Å². The molecule has 88 valence electrons. The normalized spacial score (nSPS) is 23.2. The van der Waals surface area contributed by atoms with Crippen LogP contribution >= 0.6 is 0 Å². The predicted octanol–water partition coefficient (Wildman–Crippen LogP) is 2.64. The lowest BCUT2D eigenvalue weighted by atomic mass is 10.0. The fraction of sp³-hybridized carbons (Fsp3) is 0.333. The zero-order chi connectivity index (χ0) is 11.7. The molecule has 0 saturated carbocycles. The lowest BCUT2D eigenvalue weighted by Crippen LogP contribution is -2.34. The highest BCUT2D eigenvalue weighted by Crippen LogP contribution is 2.38. The lowest BCUT2D eigenvalue weighted by molar-refractivity contribution is 0.0640. The van der Waals surface area contributed by atoms with E-state index in [1.807, 2.05) is 6.08 Å². The first-order valence-corrected chi connectivity index (χ1v) is 6.16. The van der Waals surface area contributed by atoms with Crippen LogP contribution in [0.15, 0.2) is 43.0 Å². The molecule has 2 heteroatoms. The van der Waals surface area contributed by atoms with E-state index < -0.39 is 0 Å². The van der Waals surface area contributed by atoms with Crippen LogP contribution < -0.4 is 0 Å². The van der Waals surface area contributed by atoms with Gasteiger partial charge < -0.3 is 9.64 Å². The lowest BCUT2D eigenvalue weighted by Gasteiger charge is -2.30. The molecule has 2 aliphatic rings. The average molecular weight is 227 g/mol. The van der Waals surface area contributed by atoms with E-state index in [4.69, 9.17) is 4.74 Å². The molecule has 1 aliphatic heterocycles. The maximum Gasteiger partial charge on any atom is 0.0642 e. The number of nitrogens with zero attached hydrogens (tertiary/aromatic N) is 1. The summed E-state index contributed by atoms with van der Waals surface area (Å²) in [6.45, 7) is 7.58. The van der Waals surface area contributed by atoms with E-state index in [9.17, 15) is 0 Å². The second-order valence-electron chi connectivity index (χ2n) is 4.50. The summed E-state index contributed by atoms with van der Waals surface area (Å²) >= 11 is 0. The van der Waals surface area contributed by atoms with Crippen LogP contribution in [0.5, 0.6) is 0 Å². The van der Waals surface area contributed by atoms with Gasteiger partial charge in [-0.1, -0.05) is 30.3 Å². The smallest absolute Gasteiger partial charge is 0.0642 e. The molecule has 0 radical (unpaired) electrons. The largest absolute Gasteiger partial charge is 0.378 e. The van der Waals surface area contributed by atoms with E-state index in [1.165, 1.54) is 16.8 Å². The van der Waals surface area contributed by atoms with Gasteiger partial charge in [-0.05, 0) is 11.6 Å². The summed E-state index contributed by atoms with van der Waals surface area (Å²) in [5.74, 6) is 0.365. The fourth-order valence-electron chi connectivity index (χ4n) is 2.65. The summed E-state index contributed by atoms with van der Waals surface area (Å²) in [6.07, 6.45) is 4.34. The molecule has 1 aliphatic carbocycles. The van der Waals surface area contributed by atoms with Crippen LogP contribution in [0.4, 0.5) is 0 Å². The number of hydrogen-bond donors (Lipinski definition) is 0. The van der Waals surface area contributed by atoms with Crippen LogP contribution in [0, 0.1) is 0 Å². The zero-order valence-corrected chi connectivity index (χ0v) is 9.93. The van der Waals surface area contributed by atoms with Crippen molar-refractivity contribution in [2.24, 2.45) is 0 Å². The number of hydrogen-bond acceptors (Lipinski definition) is 2. The molecule has 1 aromatic carbocycles. The molecular weight excluding hydrogens is 210 g/mol. The third-order valence-corrected chi connectivity index (χ3v) is 3.54. The molecule has 3 rings (SSSR count). The maximum absolute atomic E-state index is 5.41. The van der Waals surface area contributed by atoms with Gasteiger partial charge in [0.2, 0.25) is 0 Å². The van der Waals surface area contributed by atoms with Gasteiger partial charge in [0.1, 0.15) is 0 Å². The Balaban J connectivity index is 1.97. The molecule has 1 aromatic rings. The van der Waals surface area contributed by atoms with Crippen LogP contribution in [0.3, 0.4) is 0 Å². The van der Waals surface area contributed by atoms with Crippen molar-refractivity contribution in [1.82, 2.24) is 4.90 Å². The molecule has 0 amide bonds. The Bertz CT molecular complexity index is 458. The SMILES string of the molecule is C=CC1C=C(N2CCOCC2)c2ccccc21. The van der Waals surface area contributed by atoms with Crippen molar-refractivity contribution >= 4 is 5.70 Å². The molecular formula is C15H17NO. The van der Waals surface area contributed by atoms with Gasteiger partial charge in [0.25, 0.3) is 0 Å². The van der Waals surface area contributed by atoms with E-state index in [0.717, 1.165) is 26.3 Å². The van der Waals surface area contributed by atoms with E-state index >= 15 is 0 Å². The highest BCUT2D eigenvalue weighted by molar-refractivity contribution is 5.74. The van der Waals surface area contributed by atoms with Crippen LogP contribution in [-0.2, 0) is 4.74 Å². The second-order valence-corrected chi connectivity index (χ2v) is 4.50. The number of fused-ring (bicyclic) bond motifs is 1. The fourth-order valence-corrected chi connectivity index (χ4v) is 2.65. The van der Waals surface area contributed by atoms with Crippen molar-refractivity contribution in [1.29, 1.82) is 0 Å². The minimum atomic E-state index is 0.365. The number of allylic oxidation sites excluding steroid dienone is 2. The Morgan fingerprint density at radius 2 is 2.00 bits per heavy atom. The standard InChI is InChI=1S/C15H17NO/c1-2-12-11-15(16-7-9-17-10-8-16)14-6-4-3-5-13(12)14/h2-6,11-12H,1,7-10H2. The van der Waals surface area contributed by atoms with Crippen LogP contribution in [-0.4, -0.2) is 31.2 Å². The molecule has 0 spiro atoms. The third kappa shape index (κ3) is 1.79. The number of rotatable bonds is 2. The van der Waals surface area contributed by atoms with Gasteiger partial charge in [-0.25, -0.2) is 0 Å². The quantitative estimate of drug-likeness (QED) is 0.720. The first kappa shape index (κ1) is 10.6. The Morgan fingerprint density at radius 3 is 2.76 bits per heavy atom. The van der Waals surface area contributed by atoms with Gasteiger partial charge in [-0.15, -0.1) is 6.58 Å². The predicted molar refractivity (Wildman–Crippen MR) is 69.7 cm³/mol. The van der Waals surface area contributed by atoms with Crippen molar-refractivity contribution in [2.45, 2.75) is 5.92 Å². The molecule has 0 aromatic heterocycles. The van der Waals surface area contributed by atoms with Gasteiger partial charge in [-0.3, -0.25) is 0 Å². The second kappa shape index (κ2) is 4.38. The molecule has 1 fully saturated rings. The summed E-state index contributed by atoms with van der Waals surface area (Å²) in [6, 6.07) is 8.62. The van der Waals surface area contributed by atoms with Crippen LogP contribution in [0.1, 0.15) is 17.0 Å². The van der Waals surface area contributed by atoms with E-state index in [-0.39, 0.29) is 0 Å². The van der Waals surface area contributed by atoms with Crippen molar-refractivity contribution in [3.63, 3.8) is 0 Å². The topological polar surface area (TPSA) is 12.5 Å². The van der Waals surface area contributed by atoms with Crippen molar-refractivity contribution in [3.8, 4) is 0 Å². The molecule has 17 heavy (non-hydrogen) atoms.